The Hall–Kier alpha value is -2.56. The lowest BCUT2D eigenvalue weighted by Gasteiger charge is -2.29. The molecular weight excluding hydrogens is 292 g/mol. The zero-order valence-electron chi connectivity index (χ0n) is 13.5. The lowest BCUT2D eigenvalue weighted by atomic mass is 10.2. The molecule has 0 spiro atoms. The van der Waals surface area contributed by atoms with Gasteiger partial charge in [0.15, 0.2) is 0 Å². The van der Waals surface area contributed by atoms with Crippen LogP contribution in [0, 0.1) is 0 Å². The third kappa shape index (κ3) is 4.45. The van der Waals surface area contributed by atoms with Gasteiger partial charge in [0.2, 0.25) is 0 Å². The van der Waals surface area contributed by atoms with Crippen molar-refractivity contribution in [3.8, 4) is 0 Å². The first-order valence-electron chi connectivity index (χ1n) is 7.72. The van der Waals surface area contributed by atoms with E-state index in [1.54, 1.807) is 19.4 Å². The van der Waals surface area contributed by atoms with Crippen molar-refractivity contribution in [3.05, 3.63) is 60.4 Å². The summed E-state index contributed by atoms with van der Waals surface area (Å²) in [5.74, 6) is -0.392. The summed E-state index contributed by atoms with van der Waals surface area (Å²) in [4.78, 5) is 27.6. The number of ether oxygens (including phenoxy) is 1. The van der Waals surface area contributed by atoms with E-state index >= 15 is 0 Å². The van der Waals surface area contributed by atoms with Crippen LogP contribution in [-0.4, -0.2) is 34.9 Å². The lowest BCUT2D eigenvalue weighted by Crippen LogP contribution is -2.46. The van der Waals surface area contributed by atoms with Crippen LogP contribution in [0.4, 0.5) is 4.79 Å². The highest BCUT2D eigenvalue weighted by molar-refractivity contribution is 5.84. The number of allylic oxidation sites excluding steroid dienone is 2. The number of rotatable bonds is 5. The molecule has 0 bridgehead atoms. The molecule has 0 radical (unpaired) electrons. The highest BCUT2D eigenvalue weighted by atomic mass is 16.5. The summed E-state index contributed by atoms with van der Waals surface area (Å²) < 4.78 is 5.35. The van der Waals surface area contributed by atoms with Gasteiger partial charge in [-0.15, -0.1) is 0 Å². The average Bonchev–Trinajstić information content (AvgIpc) is 2.61. The molecule has 2 amide bonds. The number of hydrogen-bond donors (Lipinski definition) is 0. The molecule has 1 aromatic rings. The average molecular weight is 314 g/mol. The zero-order valence-corrected chi connectivity index (χ0v) is 13.5. The first kappa shape index (κ1) is 16.8. The second-order valence-electron chi connectivity index (χ2n) is 5.32. The van der Waals surface area contributed by atoms with E-state index in [4.69, 9.17) is 4.74 Å². The van der Waals surface area contributed by atoms with E-state index < -0.39 is 12.0 Å². The molecule has 0 aliphatic carbocycles. The van der Waals surface area contributed by atoms with Crippen molar-refractivity contribution >= 4 is 12.0 Å². The number of carbonyl (C=O) groups excluding carboxylic acids is 2. The minimum atomic E-state index is -0.602. The molecule has 0 saturated carbocycles. The number of amides is 2. The molecule has 1 aliphatic rings. The molecule has 1 heterocycles. The topological polar surface area (TPSA) is 49.9 Å². The summed E-state index contributed by atoms with van der Waals surface area (Å²) in [6.07, 6.45) is 8.50. The smallest absolute Gasteiger partial charge is 0.329 e. The third-order valence-electron chi connectivity index (χ3n) is 3.68. The fourth-order valence-electron chi connectivity index (χ4n) is 2.34. The predicted molar refractivity (Wildman–Crippen MR) is 88.2 cm³/mol. The Morgan fingerprint density at radius 3 is 2.48 bits per heavy atom. The lowest BCUT2D eigenvalue weighted by molar-refractivity contribution is -0.150. The normalized spacial score (nSPS) is 14.4. The summed E-state index contributed by atoms with van der Waals surface area (Å²) >= 11 is 0. The van der Waals surface area contributed by atoms with E-state index in [0.717, 1.165) is 12.0 Å². The number of benzene rings is 1. The highest BCUT2D eigenvalue weighted by Crippen LogP contribution is 2.12. The van der Waals surface area contributed by atoms with Gasteiger partial charge >= 0.3 is 12.0 Å². The summed E-state index contributed by atoms with van der Waals surface area (Å²) in [6.45, 7) is 2.07. The Balaban J connectivity index is 1.95. The summed E-state index contributed by atoms with van der Waals surface area (Å²) in [5, 5.41) is 0. The van der Waals surface area contributed by atoms with Crippen LogP contribution in [0.5, 0.6) is 0 Å². The molecule has 1 aromatic carbocycles. The molecule has 5 nitrogen and oxygen atoms in total. The summed E-state index contributed by atoms with van der Waals surface area (Å²) in [6, 6.07) is 8.64. The standard InChI is InChI=1S/C18H22N2O3/c1-3-16(17(21)23-14-15-10-6-4-7-11-15)19(2)18(22)20-12-8-5-9-13-20/h4,6-13,16H,3,5,14H2,1-2H3. The van der Waals surface area contributed by atoms with Gasteiger partial charge in [-0.2, -0.15) is 0 Å². The Labute approximate surface area is 136 Å². The fraction of sp³-hybridized carbons (Fsp3) is 0.333. The van der Waals surface area contributed by atoms with Crippen molar-refractivity contribution in [1.82, 2.24) is 9.80 Å². The molecular formula is C18H22N2O3. The summed E-state index contributed by atoms with van der Waals surface area (Å²) in [5.41, 5.74) is 0.923. The van der Waals surface area contributed by atoms with Gasteiger partial charge in [-0.05, 0) is 18.4 Å². The molecule has 23 heavy (non-hydrogen) atoms. The first-order chi connectivity index (χ1) is 11.1. The quantitative estimate of drug-likeness (QED) is 0.784. The Kier molecular flexibility index (Phi) is 5.97. The highest BCUT2D eigenvalue weighted by Gasteiger charge is 2.28. The molecule has 0 aromatic heterocycles. The molecule has 0 N–H and O–H groups in total. The van der Waals surface area contributed by atoms with Crippen molar-refractivity contribution in [3.63, 3.8) is 0 Å². The van der Waals surface area contributed by atoms with Crippen LogP contribution >= 0.6 is 0 Å². The predicted octanol–water partition coefficient (Wildman–Crippen LogP) is 3.29. The number of carbonyl (C=O) groups is 2. The maximum atomic E-state index is 12.4. The van der Waals surface area contributed by atoms with E-state index in [1.807, 2.05) is 49.4 Å². The number of esters is 1. The van der Waals surface area contributed by atoms with E-state index in [2.05, 4.69) is 0 Å². The SMILES string of the molecule is CCC(C(=O)OCc1ccccc1)N(C)C(=O)N1C=CCC=C1. The van der Waals surface area contributed by atoms with Crippen LogP contribution in [0.15, 0.2) is 54.9 Å². The van der Waals surface area contributed by atoms with Crippen LogP contribution in [0.25, 0.3) is 0 Å². The number of hydrogen-bond acceptors (Lipinski definition) is 3. The van der Waals surface area contributed by atoms with Gasteiger partial charge in [0.05, 0.1) is 0 Å². The number of urea groups is 1. The maximum absolute atomic E-state index is 12.4. The van der Waals surface area contributed by atoms with Gasteiger partial charge in [-0.25, -0.2) is 9.59 Å². The van der Waals surface area contributed by atoms with Crippen LogP contribution in [0.3, 0.4) is 0 Å². The van der Waals surface area contributed by atoms with Crippen molar-refractivity contribution in [1.29, 1.82) is 0 Å². The molecule has 2 rings (SSSR count). The van der Waals surface area contributed by atoms with Crippen LogP contribution in [0.2, 0.25) is 0 Å². The van der Waals surface area contributed by atoms with Gasteiger partial charge < -0.3 is 9.64 Å². The van der Waals surface area contributed by atoms with E-state index in [1.165, 1.54) is 9.80 Å². The van der Waals surface area contributed by atoms with Gasteiger partial charge in [0.25, 0.3) is 0 Å². The van der Waals surface area contributed by atoms with E-state index in [-0.39, 0.29) is 12.6 Å². The molecule has 0 saturated heterocycles. The van der Waals surface area contributed by atoms with Gasteiger partial charge in [-0.1, -0.05) is 49.4 Å². The molecule has 122 valence electrons. The Morgan fingerprint density at radius 1 is 1.22 bits per heavy atom. The van der Waals surface area contributed by atoms with Gasteiger partial charge in [-0.3, -0.25) is 4.90 Å². The fourth-order valence-corrected chi connectivity index (χ4v) is 2.34. The van der Waals surface area contributed by atoms with Crippen LogP contribution in [-0.2, 0) is 16.1 Å². The number of nitrogens with zero attached hydrogens (tertiary/aromatic N) is 2. The van der Waals surface area contributed by atoms with E-state index in [9.17, 15) is 9.59 Å². The van der Waals surface area contributed by atoms with Crippen LogP contribution in [0.1, 0.15) is 25.3 Å². The Morgan fingerprint density at radius 2 is 1.87 bits per heavy atom. The third-order valence-corrected chi connectivity index (χ3v) is 3.68. The number of likely N-dealkylation sites (N-methyl/N-ethyl adjacent to an activating group) is 1. The molecule has 1 atom stereocenters. The molecule has 5 heteroatoms. The maximum Gasteiger partial charge on any atom is 0.329 e. The van der Waals surface area contributed by atoms with Gasteiger partial charge in [0, 0.05) is 19.4 Å². The van der Waals surface area contributed by atoms with Gasteiger partial charge in [0.1, 0.15) is 12.6 Å². The second kappa shape index (κ2) is 8.17. The minimum Gasteiger partial charge on any atom is -0.459 e. The molecule has 1 aliphatic heterocycles. The first-order valence-corrected chi connectivity index (χ1v) is 7.72. The van der Waals surface area contributed by atoms with Crippen molar-refractivity contribution in [2.24, 2.45) is 0 Å². The van der Waals surface area contributed by atoms with E-state index in [0.29, 0.717) is 6.42 Å². The summed E-state index contributed by atoms with van der Waals surface area (Å²) in [7, 11) is 1.62. The van der Waals surface area contributed by atoms with Crippen molar-refractivity contribution in [2.75, 3.05) is 7.05 Å². The second-order valence-corrected chi connectivity index (χ2v) is 5.32. The van der Waals surface area contributed by atoms with Crippen molar-refractivity contribution in [2.45, 2.75) is 32.4 Å². The Bertz CT molecular complexity index is 584. The monoisotopic (exact) mass is 314 g/mol. The molecule has 0 fully saturated rings. The van der Waals surface area contributed by atoms with Crippen molar-refractivity contribution < 1.29 is 14.3 Å². The minimum absolute atomic E-state index is 0.210. The van der Waals surface area contributed by atoms with Crippen LogP contribution < -0.4 is 0 Å². The molecule has 1 unspecified atom stereocenters. The largest absolute Gasteiger partial charge is 0.459 e. The zero-order chi connectivity index (χ0) is 16.7.